The molecule has 2 aromatic heterocycles. The van der Waals surface area contributed by atoms with E-state index in [9.17, 15) is 17.6 Å². The Morgan fingerprint density at radius 2 is 1.95 bits per heavy atom. The lowest BCUT2D eigenvalue weighted by molar-refractivity contribution is -0.139. The molecule has 0 saturated carbocycles. The summed E-state index contributed by atoms with van der Waals surface area (Å²) >= 11 is 0. The quantitative estimate of drug-likeness (QED) is 0.723. The number of pyridine rings is 1. The number of halogens is 4. The van der Waals surface area contributed by atoms with Crippen molar-refractivity contribution in [2.24, 2.45) is 0 Å². The molecule has 0 aliphatic carbocycles. The summed E-state index contributed by atoms with van der Waals surface area (Å²) in [5.74, 6) is -1.18. The van der Waals surface area contributed by atoms with Gasteiger partial charge >= 0.3 is 6.18 Å². The number of anilines is 2. The van der Waals surface area contributed by atoms with E-state index in [4.69, 9.17) is 4.52 Å². The number of hydrogen-bond acceptors (Lipinski definition) is 4. The first-order chi connectivity index (χ1) is 9.95. The summed E-state index contributed by atoms with van der Waals surface area (Å²) in [6.45, 7) is 0. The molecule has 0 atom stereocenters. The molecule has 3 aromatic rings. The molecule has 108 valence electrons. The van der Waals surface area contributed by atoms with E-state index in [2.05, 4.69) is 15.5 Å². The minimum Gasteiger partial charge on any atom is -0.352 e. The molecule has 2 heterocycles. The molecule has 8 heteroatoms. The number of benzene rings is 1. The zero-order valence-electron chi connectivity index (χ0n) is 10.3. The number of rotatable bonds is 2. The molecule has 0 aliphatic rings. The third-order valence-corrected chi connectivity index (χ3v) is 2.76. The average Bonchev–Trinajstić information content (AvgIpc) is 2.83. The first kappa shape index (κ1) is 13.3. The zero-order chi connectivity index (χ0) is 15.0. The summed E-state index contributed by atoms with van der Waals surface area (Å²) in [5.41, 5.74) is -0.564. The van der Waals surface area contributed by atoms with Crippen LogP contribution in [0.15, 0.2) is 41.1 Å². The standard InChI is InChI=1S/C13H7F4N3O/c14-9-4-3-7(6-8(9)13(15,16)17)19-12-11-10(21-20-12)2-1-5-18-11/h1-6H,(H,19,20). The highest BCUT2D eigenvalue weighted by Gasteiger charge is 2.34. The van der Waals surface area contributed by atoms with Gasteiger partial charge in [-0.15, -0.1) is 0 Å². The van der Waals surface area contributed by atoms with Crippen molar-refractivity contribution in [3.05, 3.63) is 47.9 Å². The van der Waals surface area contributed by atoms with Crippen LogP contribution in [0.4, 0.5) is 29.1 Å². The van der Waals surface area contributed by atoms with E-state index >= 15 is 0 Å². The molecule has 0 spiro atoms. The van der Waals surface area contributed by atoms with Crippen LogP contribution in [-0.2, 0) is 6.18 Å². The minimum absolute atomic E-state index is 0.0320. The van der Waals surface area contributed by atoms with Crippen molar-refractivity contribution in [2.75, 3.05) is 5.32 Å². The van der Waals surface area contributed by atoms with Gasteiger partial charge in [-0.2, -0.15) is 13.2 Å². The van der Waals surface area contributed by atoms with E-state index in [1.165, 1.54) is 12.3 Å². The van der Waals surface area contributed by atoms with E-state index in [1.54, 1.807) is 12.1 Å². The Bertz CT molecular complexity index is 797. The molecule has 0 aliphatic heterocycles. The van der Waals surface area contributed by atoms with Gasteiger partial charge in [0.25, 0.3) is 0 Å². The molecule has 0 amide bonds. The highest BCUT2D eigenvalue weighted by molar-refractivity contribution is 5.85. The number of fused-ring (bicyclic) bond motifs is 1. The van der Waals surface area contributed by atoms with E-state index in [1.807, 2.05) is 0 Å². The number of alkyl halides is 3. The number of nitrogens with one attached hydrogen (secondary N) is 1. The van der Waals surface area contributed by atoms with Crippen LogP contribution >= 0.6 is 0 Å². The molecule has 1 N–H and O–H groups in total. The highest BCUT2D eigenvalue weighted by atomic mass is 19.4. The van der Waals surface area contributed by atoms with Gasteiger partial charge in [-0.1, -0.05) is 5.16 Å². The molecule has 0 unspecified atom stereocenters. The second-order valence-corrected chi connectivity index (χ2v) is 4.20. The highest BCUT2D eigenvalue weighted by Crippen LogP contribution is 2.34. The van der Waals surface area contributed by atoms with E-state index in [0.29, 0.717) is 17.2 Å². The maximum absolute atomic E-state index is 13.2. The van der Waals surface area contributed by atoms with Crippen LogP contribution in [-0.4, -0.2) is 10.1 Å². The lowest BCUT2D eigenvalue weighted by Crippen LogP contribution is -2.08. The van der Waals surface area contributed by atoms with Gasteiger partial charge < -0.3 is 9.84 Å². The number of nitrogens with zero attached hydrogens (tertiary/aromatic N) is 2. The van der Waals surface area contributed by atoms with Crippen LogP contribution in [0.1, 0.15) is 5.56 Å². The normalized spacial score (nSPS) is 11.8. The van der Waals surface area contributed by atoms with Crippen molar-refractivity contribution in [3.8, 4) is 0 Å². The fourth-order valence-electron chi connectivity index (χ4n) is 1.82. The Balaban J connectivity index is 1.99. The summed E-state index contributed by atoms with van der Waals surface area (Å²) in [4.78, 5) is 4.01. The fourth-order valence-corrected chi connectivity index (χ4v) is 1.82. The van der Waals surface area contributed by atoms with E-state index in [-0.39, 0.29) is 11.5 Å². The van der Waals surface area contributed by atoms with Gasteiger partial charge in [0.1, 0.15) is 5.82 Å². The van der Waals surface area contributed by atoms with Crippen LogP contribution in [0.25, 0.3) is 11.1 Å². The Kier molecular flexibility index (Phi) is 3.00. The molecule has 3 rings (SSSR count). The molecule has 0 saturated heterocycles. The van der Waals surface area contributed by atoms with Crippen molar-refractivity contribution in [1.29, 1.82) is 0 Å². The molecule has 0 bridgehead atoms. The predicted molar refractivity (Wildman–Crippen MR) is 66.5 cm³/mol. The topological polar surface area (TPSA) is 51.0 Å². The summed E-state index contributed by atoms with van der Waals surface area (Å²) in [5, 5.41) is 6.31. The molecule has 0 fully saturated rings. The maximum atomic E-state index is 13.2. The predicted octanol–water partition coefficient (Wildman–Crippen LogP) is 4.12. The maximum Gasteiger partial charge on any atom is 0.419 e. The van der Waals surface area contributed by atoms with Gasteiger partial charge in [-0.3, -0.25) is 0 Å². The van der Waals surface area contributed by atoms with Crippen molar-refractivity contribution >= 4 is 22.6 Å². The Morgan fingerprint density at radius 1 is 1.14 bits per heavy atom. The van der Waals surface area contributed by atoms with Crippen molar-refractivity contribution in [2.45, 2.75) is 6.18 Å². The third kappa shape index (κ3) is 2.51. The van der Waals surface area contributed by atoms with Crippen LogP contribution in [0.3, 0.4) is 0 Å². The largest absolute Gasteiger partial charge is 0.419 e. The van der Waals surface area contributed by atoms with Crippen LogP contribution in [0.2, 0.25) is 0 Å². The van der Waals surface area contributed by atoms with Crippen LogP contribution < -0.4 is 5.32 Å². The first-order valence-electron chi connectivity index (χ1n) is 5.79. The summed E-state index contributed by atoms with van der Waals surface area (Å²) in [7, 11) is 0. The number of aromatic nitrogens is 2. The van der Waals surface area contributed by atoms with Gasteiger partial charge in [-0.25, -0.2) is 9.37 Å². The zero-order valence-corrected chi connectivity index (χ0v) is 10.3. The molecule has 4 nitrogen and oxygen atoms in total. The molecule has 21 heavy (non-hydrogen) atoms. The van der Waals surface area contributed by atoms with Crippen molar-refractivity contribution in [1.82, 2.24) is 10.1 Å². The molecule has 1 aromatic carbocycles. The smallest absolute Gasteiger partial charge is 0.352 e. The van der Waals surface area contributed by atoms with Crippen molar-refractivity contribution in [3.63, 3.8) is 0 Å². The second kappa shape index (κ2) is 4.72. The van der Waals surface area contributed by atoms with Gasteiger partial charge in [0.2, 0.25) is 0 Å². The summed E-state index contributed by atoms with van der Waals surface area (Å²) < 4.78 is 56.1. The Hall–Kier alpha value is -2.64. The van der Waals surface area contributed by atoms with Gasteiger partial charge in [-0.05, 0) is 30.3 Å². The fraction of sp³-hybridized carbons (Fsp3) is 0.0769. The van der Waals surface area contributed by atoms with Crippen LogP contribution in [0.5, 0.6) is 0 Å². The Morgan fingerprint density at radius 3 is 2.71 bits per heavy atom. The summed E-state index contributed by atoms with van der Waals surface area (Å²) in [6.07, 6.45) is -3.28. The number of hydrogen-bond donors (Lipinski definition) is 1. The SMILES string of the molecule is Fc1ccc(Nc2noc3cccnc23)cc1C(F)(F)F. The minimum atomic E-state index is -4.77. The first-order valence-corrected chi connectivity index (χ1v) is 5.79. The second-order valence-electron chi connectivity index (χ2n) is 4.20. The van der Waals surface area contributed by atoms with Gasteiger partial charge in [0, 0.05) is 11.9 Å². The molecular formula is C13H7F4N3O. The lowest BCUT2D eigenvalue weighted by atomic mass is 10.2. The van der Waals surface area contributed by atoms with Crippen molar-refractivity contribution < 1.29 is 22.1 Å². The molecular weight excluding hydrogens is 290 g/mol. The lowest BCUT2D eigenvalue weighted by Gasteiger charge is -2.10. The van der Waals surface area contributed by atoms with E-state index in [0.717, 1.165) is 6.07 Å². The third-order valence-electron chi connectivity index (χ3n) is 2.76. The average molecular weight is 297 g/mol. The van der Waals surface area contributed by atoms with E-state index < -0.39 is 17.6 Å². The molecule has 0 radical (unpaired) electrons. The summed E-state index contributed by atoms with van der Waals surface area (Å²) in [6, 6.07) is 5.83. The van der Waals surface area contributed by atoms with Gasteiger partial charge in [0.05, 0.1) is 5.56 Å². The Labute approximate surface area is 115 Å². The van der Waals surface area contributed by atoms with Gasteiger partial charge in [0.15, 0.2) is 16.9 Å². The monoisotopic (exact) mass is 297 g/mol. The van der Waals surface area contributed by atoms with Crippen LogP contribution in [0, 0.1) is 5.82 Å².